The Bertz CT molecular complexity index is 1000. The molecule has 1 aliphatic carbocycles. The van der Waals surface area contributed by atoms with Crippen LogP contribution in [0.1, 0.15) is 42.0 Å². The van der Waals surface area contributed by atoms with Gasteiger partial charge in [-0.2, -0.15) is 0 Å². The van der Waals surface area contributed by atoms with Crippen LogP contribution in [0.5, 0.6) is 5.75 Å². The summed E-state index contributed by atoms with van der Waals surface area (Å²) in [5, 5.41) is 0. The van der Waals surface area contributed by atoms with Crippen molar-refractivity contribution in [3.8, 4) is 5.75 Å². The molecule has 1 nitrogen and oxygen atoms in total. The molecule has 0 bridgehead atoms. The molecule has 0 spiro atoms. The van der Waals surface area contributed by atoms with Crippen molar-refractivity contribution in [3.05, 3.63) is 118 Å². The maximum absolute atomic E-state index is 5.36. The average Bonchev–Trinajstić information content (AvgIpc) is 3.01. The van der Waals surface area contributed by atoms with Gasteiger partial charge >= 0.3 is 0 Å². The number of rotatable bonds is 4. The van der Waals surface area contributed by atoms with E-state index in [1.807, 2.05) is 0 Å². The van der Waals surface area contributed by atoms with Gasteiger partial charge in [0.15, 0.2) is 0 Å². The number of hydrogen-bond acceptors (Lipinski definition) is 1. The van der Waals surface area contributed by atoms with Crippen LogP contribution < -0.4 is 4.74 Å². The summed E-state index contributed by atoms with van der Waals surface area (Å²) in [6.07, 6.45) is 2.34. The van der Waals surface area contributed by atoms with Crippen LogP contribution in [0.25, 0.3) is 5.57 Å². The van der Waals surface area contributed by atoms with E-state index in [4.69, 9.17) is 4.74 Å². The average molecular weight is 352 g/mol. The molecule has 0 fully saturated rings. The Morgan fingerprint density at radius 1 is 0.815 bits per heavy atom. The van der Waals surface area contributed by atoms with Crippen molar-refractivity contribution in [2.45, 2.75) is 19.8 Å². The number of benzene rings is 3. The molecule has 0 heterocycles. The van der Waals surface area contributed by atoms with Gasteiger partial charge in [-0.25, -0.2) is 0 Å². The molecule has 0 amide bonds. The quantitative estimate of drug-likeness (QED) is 0.513. The smallest absolute Gasteiger partial charge is 0.118 e. The van der Waals surface area contributed by atoms with E-state index in [0.717, 1.165) is 5.75 Å². The summed E-state index contributed by atoms with van der Waals surface area (Å²) >= 11 is 0. The standard InChI is InChI=1S/C26H24O/c1-18(2)17-24-25(19-9-5-4-6-10-19)22-11-7-8-12-23(22)26(24)20-13-15-21(27-3)16-14-20/h4-17,26H,1-3H3. The van der Waals surface area contributed by atoms with E-state index >= 15 is 0 Å². The summed E-state index contributed by atoms with van der Waals surface area (Å²) in [6, 6.07) is 28.0. The van der Waals surface area contributed by atoms with Gasteiger partial charge in [-0.15, -0.1) is 0 Å². The summed E-state index contributed by atoms with van der Waals surface area (Å²) in [4.78, 5) is 0. The van der Waals surface area contributed by atoms with Crippen LogP contribution in [0, 0.1) is 0 Å². The first-order valence-electron chi connectivity index (χ1n) is 9.37. The first-order valence-corrected chi connectivity index (χ1v) is 9.37. The normalized spacial score (nSPS) is 15.4. The van der Waals surface area contributed by atoms with Gasteiger partial charge < -0.3 is 4.74 Å². The fourth-order valence-electron chi connectivity index (χ4n) is 3.99. The van der Waals surface area contributed by atoms with Crippen molar-refractivity contribution in [2.24, 2.45) is 0 Å². The minimum absolute atomic E-state index is 0.234. The zero-order valence-electron chi connectivity index (χ0n) is 16.1. The van der Waals surface area contributed by atoms with E-state index < -0.39 is 0 Å². The molecule has 0 saturated heterocycles. The van der Waals surface area contributed by atoms with Gasteiger partial charge in [-0.1, -0.05) is 78.4 Å². The van der Waals surface area contributed by atoms with Crippen LogP contribution >= 0.6 is 0 Å². The van der Waals surface area contributed by atoms with Gasteiger partial charge in [0, 0.05) is 5.92 Å². The van der Waals surface area contributed by atoms with Gasteiger partial charge in [0.25, 0.3) is 0 Å². The lowest BCUT2D eigenvalue weighted by atomic mass is 9.87. The number of allylic oxidation sites excluding steroid dienone is 3. The highest BCUT2D eigenvalue weighted by atomic mass is 16.5. The molecule has 27 heavy (non-hydrogen) atoms. The minimum Gasteiger partial charge on any atom is -0.497 e. The Morgan fingerprint density at radius 2 is 1.48 bits per heavy atom. The molecule has 0 radical (unpaired) electrons. The molecule has 134 valence electrons. The summed E-state index contributed by atoms with van der Waals surface area (Å²) in [5.74, 6) is 1.12. The van der Waals surface area contributed by atoms with Gasteiger partial charge in [0.2, 0.25) is 0 Å². The summed E-state index contributed by atoms with van der Waals surface area (Å²) < 4.78 is 5.36. The zero-order valence-corrected chi connectivity index (χ0v) is 16.1. The number of hydrogen-bond donors (Lipinski definition) is 0. The molecule has 1 unspecified atom stereocenters. The predicted octanol–water partition coefficient (Wildman–Crippen LogP) is 6.61. The van der Waals surface area contributed by atoms with Gasteiger partial charge in [-0.05, 0) is 59.4 Å². The highest BCUT2D eigenvalue weighted by molar-refractivity contribution is 5.91. The van der Waals surface area contributed by atoms with Crippen LogP contribution in [0.3, 0.4) is 0 Å². The summed E-state index contributed by atoms with van der Waals surface area (Å²) in [5.41, 5.74) is 9.28. The third-order valence-electron chi connectivity index (χ3n) is 5.10. The first kappa shape index (κ1) is 17.4. The fourth-order valence-corrected chi connectivity index (χ4v) is 3.99. The van der Waals surface area contributed by atoms with Crippen LogP contribution in [-0.2, 0) is 0 Å². The Balaban J connectivity index is 1.98. The molecule has 4 rings (SSSR count). The van der Waals surface area contributed by atoms with Gasteiger partial charge in [0.1, 0.15) is 5.75 Å². The van der Waals surface area contributed by atoms with E-state index in [9.17, 15) is 0 Å². The van der Waals surface area contributed by atoms with Crippen molar-refractivity contribution >= 4 is 5.57 Å². The van der Waals surface area contributed by atoms with Crippen LogP contribution in [0.2, 0.25) is 0 Å². The molecule has 0 N–H and O–H groups in total. The van der Waals surface area contributed by atoms with E-state index in [1.54, 1.807) is 7.11 Å². The van der Waals surface area contributed by atoms with Crippen molar-refractivity contribution < 1.29 is 4.74 Å². The van der Waals surface area contributed by atoms with E-state index in [-0.39, 0.29) is 5.92 Å². The minimum atomic E-state index is 0.234. The number of fused-ring (bicyclic) bond motifs is 1. The molecule has 3 aromatic carbocycles. The van der Waals surface area contributed by atoms with Crippen molar-refractivity contribution in [1.82, 2.24) is 0 Å². The Kier molecular flexibility index (Phi) is 4.68. The molecule has 0 aromatic heterocycles. The third kappa shape index (κ3) is 3.21. The van der Waals surface area contributed by atoms with Gasteiger partial charge in [-0.3, -0.25) is 0 Å². The number of ether oxygens (including phenoxy) is 1. The monoisotopic (exact) mass is 352 g/mol. The third-order valence-corrected chi connectivity index (χ3v) is 5.10. The second-order valence-electron chi connectivity index (χ2n) is 7.21. The second-order valence-corrected chi connectivity index (χ2v) is 7.21. The molecule has 1 aliphatic rings. The molecule has 0 aliphatic heterocycles. The van der Waals surface area contributed by atoms with Crippen molar-refractivity contribution in [2.75, 3.05) is 7.11 Å². The van der Waals surface area contributed by atoms with Crippen molar-refractivity contribution in [1.29, 1.82) is 0 Å². The van der Waals surface area contributed by atoms with E-state index in [1.165, 1.54) is 39.0 Å². The van der Waals surface area contributed by atoms with Crippen LogP contribution in [0.4, 0.5) is 0 Å². The van der Waals surface area contributed by atoms with Crippen molar-refractivity contribution in [3.63, 3.8) is 0 Å². The topological polar surface area (TPSA) is 9.23 Å². The van der Waals surface area contributed by atoms with Crippen LogP contribution in [-0.4, -0.2) is 7.11 Å². The lowest BCUT2D eigenvalue weighted by Gasteiger charge is -2.17. The summed E-state index contributed by atoms with van der Waals surface area (Å²) in [7, 11) is 1.71. The maximum atomic E-state index is 5.36. The first-order chi connectivity index (χ1) is 13.2. The van der Waals surface area contributed by atoms with E-state index in [2.05, 4.69) is 98.8 Å². The fraction of sp³-hybridized carbons (Fsp3) is 0.154. The zero-order chi connectivity index (χ0) is 18.8. The largest absolute Gasteiger partial charge is 0.497 e. The van der Waals surface area contributed by atoms with Crippen LogP contribution in [0.15, 0.2) is 96.1 Å². The highest BCUT2D eigenvalue weighted by Crippen LogP contribution is 2.49. The molecule has 0 saturated carbocycles. The SMILES string of the molecule is COc1ccc(C2C(C=C(C)C)=C(c3ccccc3)c3ccccc32)cc1. The lowest BCUT2D eigenvalue weighted by molar-refractivity contribution is 0.414. The number of methoxy groups -OCH3 is 1. The molecule has 1 atom stereocenters. The molecule has 1 heteroatoms. The second kappa shape index (κ2) is 7.28. The van der Waals surface area contributed by atoms with Gasteiger partial charge in [0.05, 0.1) is 7.11 Å². The summed E-state index contributed by atoms with van der Waals surface area (Å²) in [6.45, 7) is 4.34. The predicted molar refractivity (Wildman–Crippen MR) is 113 cm³/mol. The Labute approximate surface area is 161 Å². The Hall–Kier alpha value is -3.06. The van der Waals surface area contributed by atoms with E-state index in [0.29, 0.717) is 0 Å². The maximum Gasteiger partial charge on any atom is 0.118 e. The molecular weight excluding hydrogens is 328 g/mol. The lowest BCUT2D eigenvalue weighted by Crippen LogP contribution is -2.00. The highest BCUT2D eigenvalue weighted by Gasteiger charge is 2.31. The molecule has 3 aromatic rings. The Morgan fingerprint density at radius 3 is 2.15 bits per heavy atom. The molecular formula is C26H24O.